The third-order valence-electron chi connectivity index (χ3n) is 2.48. The van der Waals surface area contributed by atoms with Crippen LogP contribution >= 0.6 is 22.9 Å². The first kappa shape index (κ1) is 14.0. The van der Waals surface area contributed by atoms with Crippen molar-refractivity contribution in [3.8, 4) is 0 Å². The first-order valence-corrected chi connectivity index (χ1v) is 7.02. The molecule has 6 nitrogen and oxygen atoms in total. The third kappa shape index (κ3) is 3.52. The van der Waals surface area contributed by atoms with Crippen molar-refractivity contribution in [2.75, 3.05) is 18.5 Å². The molecule has 0 unspecified atom stereocenters. The normalized spacial score (nSPS) is 10.6. The number of halogens is 1. The quantitative estimate of drug-likeness (QED) is 0.832. The van der Waals surface area contributed by atoms with Crippen molar-refractivity contribution in [3.05, 3.63) is 38.2 Å². The summed E-state index contributed by atoms with van der Waals surface area (Å²) in [4.78, 5) is 15.9. The predicted molar refractivity (Wildman–Crippen MR) is 74.9 cm³/mol. The number of aliphatic hydroxyl groups is 1. The molecule has 19 heavy (non-hydrogen) atoms. The van der Waals surface area contributed by atoms with Gasteiger partial charge in [0.25, 0.3) is 5.56 Å². The minimum absolute atomic E-state index is 0.0849. The summed E-state index contributed by atoms with van der Waals surface area (Å²) in [6, 6.07) is 0. The van der Waals surface area contributed by atoms with Crippen molar-refractivity contribution in [2.24, 2.45) is 0 Å². The van der Waals surface area contributed by atoms with Gasteiger partial charge in [0.15, 0.2) is 0 Å². The van der Waals surface area contributed by atoms with E-state index in [1.54, 1.807) is 16.8 Å². The molecule has 0 saturated heterocycles. The van der Waals surface area contributed by atoms with Crippen molar-refractivity contribution in [2.45, 2.75) is 13.0 Å². The van der Waals surface area contributed by atoms with Crippen LogP contribution in [0.2, 0.25) is 5.02 Å². The highest BCUT2D eigenvalue weighted by molar-refractivity contribution is 7.07. The number of aliphatic hydroxyl groups excluding tert-OH is 1. The molecule has 0 atom stereocenters. The molecule has 102 valence electrons. The number of rotatable bonds is 6. The molecule has 0 amide bonds. The molecule has 0 aliphatic heterocycles. The number of anilines is 1. The highest BCUT2D eigenvalue weighted by Gasteiger charge is 2.08. The second-order valence-electron chi connectivity index (χ2n) is 3.78. The van der Waals surface area contributed by atoms with Crippen LogP contribution in [0.25, 0.3) is 0 Å². The number of nitrogens with one attached hydrogen (secondary N) is 1. The number of nitrogens with zero attached hydrogens (tertiary/aromatic N) is 3. The zero-order valence-electron chi connectivity index (χ0n) is 10.0. The molecular weight excluding hydrogens is 288 g/mol. The molecule has 8 heteroatoms. The smallest absolute Gasteiger partial charge is 0.287 e. The van der Waals surface area contributed by atoms with Crippen molar-refractivity contribution in [1.82, 2.24) is 14.8 Å². The van der Waals surface area contributed by atoms with Crippen LogP contribution in [-0.4, -0.2) is 33.0 Å². The lowest BCUT2D eigenvalue weighted by Gasteiger charge is -2.09. The molecule has 2 N–H and O–H groups in total. The van der Waals surface area contributed by atoms with Gasteiger partial charge < -0.3 is 10.4 Å². The molecule has 0 aliphatic rings. The van der Waals surface area contributed by atoms with Gasteiger partial charge in [-0.05, 0) is 0 Å². The maximum atomic E-state index is 11.8. The van der Waals surface area contributed by atoms with E-state index < -0.39 is 5.56 Å². The largest absolute Gasteiger partial charge is 0.394 e. The minimum atomic E-state index is -0.408. The molecule has 2 rings (SSSR count). The van der Waals surface area contributed by atoms with E-state index in [0.717, 1.165) is 16.8 Å². The first-order chi connectivity index (χ1) is 9.22. The average molecular weight is 301 g/mol. The van der Waals surface area contributed by atoms with Crippen LogP contribution in [0.3, 0.4) is 0 Å². The van der Waals surface area contributed by atoms with E-state index in [-0.39, 0.29) is 18.2 Å². The molecule has 0 spiro atoms. The van der Waals surface area contributed by atoms with Crippen LogP contribution in [0, 0.1) is 0 Å². The van der Waals surface area contributed by atoms with Crippen molar-refractivity contribution in [1.29, 1.82) is 0 Å². The summed E-state index contributed by atoms with van der Waals surface area (Å²) in [7, 11) is 0. The molecule has 0 radical (unpaired) electrons. The summed E-state index contributed by atoms with van der Waals surface area (Å²) >= 11 is 7.51. The van der Waals surface area contributed by atoms with Crippen LogP contribution < -0.4 is 10.9 Å². The van der Waals surface area contributed by atoms with Crippen LogP contribution in [0.5, 0.6) is 0 Å². The maximum Gasteiger partial charge on any atom is 0.287 e. The molecule has 2 aromatic heterocycles. The summed E-state index contributed by atoms with van der Waals surface area (Å²) in [5.74, 6) is 0. The second kappa shape index (κ2) is 6.65. The highest BCUT2D eigenvalue weighted by atomic mass is 35.5. The Morgan fingerprint density at radius 1 is 1.53 bits per heavy atom. The summed E-state index contributed by atoms with van der Waals surface area (Å²) < 4.78 is 1.13. The SMILES string of the molecule is O=c1c(Cl)c(NCCc2cscn2)cnn1CCO. The molecule has 0 bridgehead atoms. The monoisotopic (exact) mass is 300 g/mol. The van der Waals surface area contributed by atoms with Crippen molar-refractivity contribution in [3.63, 3.8) is 0 Å². The van der Waals surface area contributed by atoms with E-state index in [0.29, 0.717) is 12.2 Å². The van der Waals surface area contributed by atoms with Gasteiger partial charge in [0, 0.05) is 18.3 Å². The van der Waals surface area contributed by atoms with Gasteiger partial charge in [-0.3, -0.25) is 4.79 Å². The van der Waals surface area contributed by atoms with Gasteiger partial charge in [-0.1, -0.05) is 11.6 Å². The first-order valence-electron chi connectivity index (χ1n) is 5.70. The van der Waals surface area contributed by atoms with Crippen molar-refractivity contribution < 1.29 is 5.11 Å². The van der Waals surface area contributed by atoms with Crippen LogP contribution in [0.4, 0.5) is 5.69 Å². The Hall–Kier alpha value is -1.44. The Morgan fingerprint density at radius 2 is 2.37 bits per heavy atom. The standard InChI is InChI=1S/C11H13ClN4O2S/c12-10-9(5-15-16(3-4-17)11(10)18)13-2-1-8-6-19-7-14-8/h5-7,13,17H,1-4H2. The van der Waals surface area contributed by atoms with Crippen molar-refractivity contribution >= 4 is 28.6 Å². The summed E-state index contributed by atoms with van der Waals surface area (Å²) in [5, 5.41) is 17.8. The lowest BCUT2D eigenvalue weighted by Crippen LogP contribution is -2.25. The zero-order valence-corrected chi connectivity index (χ0v) is 11.6. The summed E-state index contributed by atoms with van der Waals surface area (Å²) in [6.07, 6.45) is 2.24. The molecule has 2 heterocycles. The van der Waals surface area contributed by atoms with E-state index in [9.17, 15) is 4.79 Å². The van der Waals surface area contributed by atoms with Gasteiger partial charge in [-0.15, -0.1) is 11.3 Å². The lowest BCUT2D eigenvalue weighted by molar-refractivity contribution is 0.266. The Balaban J connectivity index is 2.01. The predicted octanol–water partition coefficient (Wildman–Crippen LogP) is 1.00. The van der Waals surface area contributed by atoms with Gasteiger partial charge >= 0.3 is 0 Å². The minimum Gasteiger partial charge on any atom is -0.394 e. The van der Waals surface area contributed by atoms with E-state index in [1.807, 2.05) is 5.38 Å². The van der Waals surface area contributed by atoms with E-state index in [1.165, 1.54) is 6.20 Å². The Bertz CT molecular complexity index is 585. The third-order valence-corrected chi connectivity index (χ3v) is 3.48. The maximum absolute atomic E-state index is 11.8. The zero-order chi connectivity index (χ0) is 13.7. The van der Waals surface area contributed by atoms with Crippen LogP contribution in [0.15, 0.2) is 21.9 Å². The lowest BCUT2D eigenvalue weighted by atomic mass is 10.3. The fourth-order valence-electron chi connectivity index (χ4n) is 1.53. The number of hydrogen-bond donors (Lipinski definition) is 2. The summed E-state index contributed by atoms with van der Waals surface area (Å²) in [5.41, 5.74) is 2.86. The molecule has 0 fully saturated rings. The van der Waals surface area contributed by atoms with Gasteiger partial charge in [0.05, 0.1) is 36.2 Å². The molecule has 2 aromatic rings. The molecular formula is C11H13ClN4O2S. The Labute approximate surface area is 118 Å². The van der Waals surface area contributed by atoms with Gasteiger partial charge in [0.2, 0.25) is 0 Å². The number of hydrogen-bond acceptors (Lipinski definition) is 6. The average Bonchev–Trinajstić information content (AvgIpc) is 2.91. The van der Waals surface area contributed by atoms with E-state index in [4.69, 9.17) is 16.7 Å². The molecule has 0 saturated carbocycles. The van der Waals surface area contributed by atoms with Crippen LogP contribution in [0.1, 0.15) is 5.69 Å². The fourth-order valence-corrected chi connectivity index (χ4v) is 2.33. The topological polar surface area (TPSA) is 80.0 Å². The van der Waals surface area contributed by atoms with Crippen LogP contribution in [-0.2, 0) is 13.0 Å². The second-order valence-corrected chi connectivity index (χ2v) is 4.88. The van der Waals surface area contributed by atoms with Gasteiger partial charge in [-0.25, -0.2) is 9.67 Å². The Kier molecular flexibility index (Phi) is 4.89. The molecule has 0 aromatic carbocycles. The highest BCUT2D eigenvalue weighted by Crippen LogP contribution is 2.15. The van der Waals surface area contributed by atoms with E-state index in [2.05, 4.69) is 15.4 Å². The van der Waals surface area contributed by atoms with Gasteiger partial charge in [0.1, 0.15) is 5.02 Å². The molecule has 0 aliphatic carbocycles. The Morgan fingerprint density at radius 3 is 3.05 bits per heavy atom. The van der Waals surface area contributed by atoms with E-state index >= 15 is 0 Å². The summed E-state index contributed by atoms with van der Waals surface area (Å²) in [6.45, 7) is 0.603. The number of thiazole rings is 1. The fraction of sp³-hybridized carbons (Fsp3) is 0.364. The van der Waals surface area contributed by atoms with Gasteiger partial charge in [-0.2, -0.15) is 5.10 Å². The number of aromatic nitrogens is 3.